The lowest BCUT2D eigenvalue weighted by molar-refractivity contribution is 0.598. The molecule has 1 aliphatic heterocycles. The molecule has 8 heteroatoms. The summed E-state index contributed by atoms with van der Waals surface area (Å²) in [5.74, 6) is 0.144. The number of rotatable bonds is 4. The molecule has 0 aromatic heterocycles. The van der Waals surface area contributed by atoms with Crippen LogP contribution in [0.3, 0.4) is 0 Å². The van der Waals surface area contributed by atoms with E-state index in [0.717, 1.165) is 0 Å². The van der Waals surface area contributed by atoms with E-state index in [1.54, 1.807) is 24.3 Å². The fourth-order valence-corrected chi connectivity index (χ4v) is 5.22. The Morgan fingerprint density at radius 1 is 1.25 bits per heavy atom. The van der Waals surface area contributed by atoms with Crippen LogP contribution < -0.4 is 9.03 Å². The smallest absolute Gasteiger partial charge is 0.235 e. The van der Waals surface area contributed by atoms with Crippen molar-refractivity contribution in [2.75, 3.05) is 21.3 Å². The van der Waals surface area contributed by atoms with Gasteiger partial charge in [-0.05, 0) is 37.5 Å². The summed E-state index contributed by atoms with van der Waals surface area (Å²) in [6.07, 6.45) is 1.98. The maximum Gasteiger partial charge on any atom is 0.235 e. The second kappa shape index (κ2) is 4.63. The van der Waals surface area contributed by atoms with E-state index in [0.29, 0.717) is 37.2 Å². The van der Waals surface area contributed by atoms with Crippen molar-refractivity contribution in [3.05, 3.63) is 24.3 Å². The normalized spacial score (nSPS) is 21.9. The van der Waals surface area contributed by atoms with Gasteiger partial charge in [-0.1, -0.05) is 6.07 Å². The molecule has 1 aromatic carbocycles. The SMILES string of the molecule is O=S(=O)(Nc1cccc(N2CCCS2(=O)=O)c1)C1CC1. The lowest BCUT2D eigenvalue weighted by atomic mass is 10.3. The summed E-state index contributed by atoms with van der Waals surface area (Å²) in [6.45, 7) is 0.446. The summed E-state index contributed by atoms with van der Waals surface area (Å²) in [7, 11) is -6.58. The summed E-state index contributed by atoms with van der Waals surface area (Å²) in [6, 6.07) is 6.54. The minimum atomic E-state index is -3.33. The first-order valence-electron chi connectivity index (χ1n) is 6.51. The molecule has 110 valence electrons. The maximum atomic E-state index is 11.9. The van der Waals surface area contributed by atoms with Crippen LogP contribution in [0.15, 0.2) is 24.3 Å². The summed E-state index contributed by atoms with van der Waals surface area (Å²) >= 11 is 0. The Hall–Kier alpha value is -1.28. The fourth-order valence-electron chi connectivity index (χ4n) is 2.28. The lowest BCUT2D eigenvalue weighted by Gasteiger charge is -2.18. The molecule has 2 aliphatic rings. The first-order chi connectivity index (χ1) is 9.38. The van der Waals surface area contributed by atoms with Gasteiger partial charge >= 0.3 is 0 Å². The first kappa shape index (κ1) is 13.7. The van der Waals surface area contributed by atoms with Gasteiger partial charge in [-0.2, -0.15) is 0 Å². The van der Waals surface area contributed by atoms with Crippen LogP contribution in [0.1, 0.15) is 19.3 Å². The zero-order chi connectivity index (χ0) is 14.4. The number of nitrogens with one attached hydrogen (secondary N) is 1. The Morgan fingerprint density at radius 3 is 2.60 bits per heavy atom. The van der Waals surface area contributed by atoms with Crippen molar-refractivity contribution in [1.29, 1.82) is 0 Å². The molecule has 2 fully saturated rings. The molecule has 1 heterocycles. The van der Waals surface area contributed by atoms with E-state index >= 15 is 0 Å². The van der Waals surface area contributed by atoms with Crippen molar-refractivity contribution in [2.24, 2.45) is 0 Å². The van der Waals surface area contributed by atoms with Gasteiger partial charge in [0.05, 0.1) is 22.4 Å². The Kier molecular flexibility index (Phi) is 3.17. The maximum absolute atomic E-state index is 11.9. The van der Waals surface area contributed by atoms with E-state index in [9.17, 15) is 16.8 Å². The number of sulfonamides is 2. The molecular formula is C12H16N2O4S2. The minimum absolute atomic E-state index is 0.144. The van der Waals surface area contributed by atoms with Gasteiger partial charge < -0.3 is 0 Å². The second-order valence-electron chi connectivity index (χ2n) is 5.14. The topological polar surface area (TPSA) is 83.6 Å². The molecule has 3 rings (SSSR count). The van der Waals surface area contributed by atoms with E-state index in [2.05, 4.69) is 4.72 Å². The Bertz CT molecular complexity index is 724. The van der Waals surface area contributed by atoms with Gasteiger partial charge in [-0.15, -0.1) is 0 Å². The van der Waals surface area contributed by atoms with E-state index < -0.39 is 20.0 Å². The van der Waals surface area contributed by atoms with Crippen LogP contribution in [0.25, 0.3) is 0 Å². The second-order valence-corrected chi connectivity index (χ2v) is 9.11. The molecule has 20 heavy (non-hydrogen) atoms. The van der Waals surface area contributed by atoms with Gasteiger partial charge in [0.15, 0.2) is 0 Å². The van der Waals surface area contributed by atoms with Crippen LogP contribution in [-0.2, 0) is 20.0 Å². The van der Waals surface area contributed by atoms with Crippen molar-refractivity contribution in [1.82, 2.24) is 0 Å². The van der Waals surface area contributed by atoms with Gasteiger partial charge in [-0.25, -0.2) is 16.8 Å². The van der Waals surface area contributed by atoms with Crippen LogP contribution in [0.2, 0.25) is 0 Å². The molecule has 6 nitrogen and oxygen atoms in total. The average Bonchev–Trinajstić information content (AvgIpc) is 3.14. The summed E-state index contributed by atoms with van der Waals surface area (Å²) in [4.78, 5) is 0. The van der Waals surface area contributed by atoms with Crippen molar-refractivity contribution in [3.8, 4) is 0 Å². The van der Waals surface area contributed by atoms with Crippen molar-refractivity contribution in [3.63, 3.8) is 0 Å². The quantitative estimate of drug-likeness (QED) is 0.902. The summed E-state index contributed by atoms with van der Waals surface area (Å²) < 4.78 is 51.3. The highest BCUT2D eigenvalue weighted by atomic mass is 32.2. The summed E-state index contributed by atoms with van der Waals surface area (Å²) in [5.41, 5.74) is 0.926. The zero-order valence-electron chi connectivity index (χ0n) is 10.8. The van der Waals surface area contributed by atoms with E-state index in [4.69, 9.17) is 0 Å². The van der Waals surface area contributed by atoms with E-state index in [-0.39, 0.29) is 11.0 Å². The highest BCUT2D eigenvalue weighted by molar-refractivity contribution is 7.93. The third-order valence-electron chi connectivity index (χ3n) is 3.46. The molecule has 1 saturated carbocycles. The molecule has 0 unspecified atom stereocenters. The van der Waals surface area contributed by atoms with Crippen LogP contribution in [0.5, 0.6) is 0 Å². The monoisotopic (exact) mass is 316 g/mol. The van der Waals surface area contributed by atoms with Gasteiger partial charge in [0, 0.05) is 6.54 Å². The molecule has 0 radical (unpaired) electrons. The number of anilines is 2. The first-order valence-corrected chi connectivity index (χ1v) is 9.66. The minimum Gasteiger partial charge on any atom is -0.283 e. The largest absolute Gasteiger partial charge is 0.283 e. The third kappa shape index (κ3) is 2.62. The molecule has 1 aliphatic carbocycles. The molecule has 1 saturated heterocycles. The fraction of sp³-hybridized carbons (Fsp3) is 0.500. The van der Waals surface area contributed by atoms with Gasteiger partial charge in [0.1, 0.15) is 0 Å². The molecule has 0 spiro atoms. The zero-order valence-corrected chi connectivity index (χ0v) is 12.5. The molecule has 1 N–H and O–H groups in total. The van der Waals surface area contributed by atoms with E-state index in [1.807, 2.05) is 0 Å². The Morgan fingerprint density at radius 2 is 2.00 bits per heavy atom. The predicted molar refractivity (Wildman–Crippen MR) is 77.8 cm³/mol. The van der Waals surface area contributed by atoms with Crippen LogP contribution in [0.4, 0.5) is 11.4 Å². The molecule has 0 amide bonds. The number of hydrogen-bond acceptors (Lipinski definition) is 4. The van der Waals surface area contributed by atoms with Gasteiger partial charge in [0.25, 0.3) is 0 Å². The molecule has 0 bridgehead atoms. The predicted octanol–water partition coefficient (Wildman–Crippen LogP) is 1.13. The van der Waals surface area contributed by atoms with Crippen LogP contribution in [0, 0.1) is 0 Å². The van der Waals surface area contributed by atoms with E-state index in [1.165, 1.54) is 4.31 Å². The Balaban J connectivity index is 1.86. The van der Waals surface area contributed by atoms with Crippen molar-refractivity contribution in [2.45, 2.75) is 24.5 Å². The van der Waals surface area contributed by atoms with Crippen molar-refractivity contribution >= 4 is 31.4 Å². The number of hydrogen-bond donors (Lipinski definition) is 1. The van der Waals surface area contributed by atoms with Crippen LogP contribution >= 0.6 is 0 Å². The van der Waals surface area contributed by atoms with Gasteiger partial charge in [-0.3, -0.25) is 9.03 Å². The highest BCUT2D eigenvalue weighted by Crippen LogP contribution is 2.31. The Labute approximate surface area is 118 Å². The van der Waals surface area contributed by atoms with Crippen molar-refractivity contribution < 1.29 is 16.8 Å². The van der Waals surface area contributed by atoms with Gasteiger partial charge in [0.2, 0.25) is 20.0 Å². The molecular weight excluding hydrogens is 300 g/mol. The lowest BCUT2D eigenvalue weighted by Crippen LogP contribution is -2.25. The average molecular weight is 316 g/mol. The highest BCUT2D eigenvalue weighted by Gasteiger charge is 2.36. The standard InChI is InChI=1S/C12H16N2O4S2/c15-19(16)8-2-7-14(19)11-4-1-3-10(9-11)13-20(17,18)12-5-6-12/h1,3-4,9,12-13H,2,5-8H2. The summed E-state index contributed by atoms with van der Waals surface area (Å²) in [5, 5.41) is -0.304. The number of nitrogens with zero attached hydrogens (tertiary/aromatic N) is 1. The third-order valence-corrected chi connectivity index (χ3v) is 7.20. The van der Waals surface area contributed by atoms with Crippen LogP contribution in [-0.4, -0.2) is 34.4 Å². The molecule has 0 atom stereocenters. The molecule has 1 aromatic rings. The number of benzene rings is 1.